The lowest BCUT2D eigenvalue weighted by molar-refractivity contribution is 0.560. The summed E-state index contributed by atoms with van der Waals surface area (Å²) in [5.74, 6) is 0.817. The first-order valence-electron chi connectivity index (χ1n) is 9.84. The fourth-order valence-corrected chi connectivity index (χ4v) is 2.09. The summed E-state index contributed by atoms with van der Waals surface area (Å²) in [5.41, 5.74) is 2.90. The van der Waals surface area contributed by atoms with Gasteiger partial charge in [0.05, 0.1) is 0 Å². The second kappa shape index (κ2) is 19.5. The molecule has 1 unspecified atom stereocenters. The van der Waals surface area contributed by atoms with E-state index in [9.17, 15) is 0 Å². The Kier molecular flexibility index (Phi) is 20.0. The molecule has 0 heterocycles. The highest BCUT2D eigenvalue weighted by molar-refractivity contribution is 5.15. The van der Waals surface area contributed by atoms with Crippen molar-refractivity contribution in [3.63, 3.8) is 0 Å². The van der Waals surface area contributed by atoms with Crippen molar-refractivity contribution < 1.29 is 0 Å². The van der Waals surface area contributed by atoms with Crippen LogP contribution in [0.15, 0.2) is 60.7 Å². The van der Waals surface area contributed by atoms with Crippen LogP contribution in [0.1, 0.15) is 72.4 Å². The van der Waals surface area contributed by atoms with E-state index in [2.05, 4.69) is 81.4 Å². The highest BCUT2D eigenvalue weighted by Crippen LogP contribution is 2.10. The van der Waals surface area contributed by atoms with Gasteiger partial charge in [0.15, 0.2) is 0 Å². The summed E-state index contributed by atoms with van der Waals surface area (Å²) in [6.07, 6.45) is 4.94. The van der Waals surface area contributed by atoms with Gasteiger partial charge in [0.1, 0.15) is 0 Å². The van der Waals surface area contributed by atoms with Crippen LogP contribution >= 0.6 is 0 Å². The van der Waals surface area contributed by atoms with Gasteiger partial charge in [-0.15, -0.1) is 0 Å². The fraction of sp³-hybridized carbons (Fsp3) is 0.500. The standard InChI is InChI=1S/C11H16.C9H12.2C2H6/c1-3-10(2)9-11-7-5-4-6-8-11;1-2-6-9-7-4-3-5-8-9;2*1-2/h4-8,10H,3,9H2,1-2H3;3-5,7-8H,2,6H2,1H3;2*1-2H3. The average molecular weight is 329 g/mol. The summed E-state index contributed by atoms with van der Waals surface area (Å²) in [6.45, 7) is 14.7. The molecule has 2 aromatic carbocycles. The van der Waals surface area contributed by atoms with Crippen molar-refractivity contribution in [2.45, 2.75) is 74.1 Å². The first-order valence-corrected chi connectivity index (χ1v) is 9.84. The maximum Gasteiger partial charge on any atom is -0.0253 e. The molecule has 0 radical (unpaired) electrons. The predicted octanol–water partition coefficient (Wildman–Crippen LogP) is 7.97. The molecule has 0 N–H and O–H groups in total. The smallest absolute Gasteiger partial charge is 0.0253 e. The zero-order chi connectivity index (χ0) is 18.6. The quantitative estimate of drug-likeness (QED) is 0.522. The average Bonchev–Trinajstić information content (AvgIpc) is 2.67. The van der Waals surface area contributed by atoms with E-state index in [1.165, 1.54) is 36.8 Å². The van der Waals surface area contributed by atoms with E-state index < -0.39 is 0 Å². The van der Waals surface area contributed by atoms with Crippen LogP contribution in [0.3, 0.4) is 0 Å². The van der Waals surface area contributed by atoms with Crippen LogP contribution in [0.4, 0.5) is 0 Å². The summed E-state index contributed by atoms with van der Waals surface area (Å²) in [7, 11) is 0. The summed E-state index contributed by atoms with van der Waals surface area (Å²) in [6, 6.07) is 21.3. The van der Waals surface area contributed by atoms with E-state index in [0.29, 0.717) is 0 Å². The van der Waals surface area contributed by atoms with E-state index in [0.717, 1.165) is 5.92 Å². The number of hydrogen-bond donors (Lipinski definition) is 0. The van der Waals surface area contributed by atoms with Crippen molar-refractivity contribution in [1.29, 1.82) is 0 Å². The van der Waals surface area contributed by atoms with Crippen molar-refractivity contribution in [2.24, 2.45) is 5.92 Å². The first kappa shape index (κ1) is 24.7. The Hall–Kier alpha value is -1.56. The topological polar surface area (TPSA) is 0 Å². The van der Waals surface area contributed by atoms with Crippen molar-refractivity contribution in [3.8, 4) is 0 Å². The third-order valence-electron chi connectivity index (χ3n) is 3.51. The van der Waals surface area contributed by atoms with Crippen molar-refractivity contribution >= 4 is 0 Å². The lowest BCUT2D eigenvalue weighted by Gasteiger charge is -2.06. The second-order valence-electron chi connectivity index (χ2n) is 5.44. The van der Waals surface area contributed by atoms with Crippen LogP contribution in [0.5, 0.6) is 0 Å². The van der Waals surface area contributed by atoms with Gasteiger partial charge in [-0.3, -0.25) is 0 Å². The van der Waals surface area contributed by atoms with Crippen molar-refractivity contribution in [1.82, 2.24) is 0 Å². The van der Waals surface area contributed by atoms with Gasteiger partial charge < -0.3 is 0 Å². The molecular formula is C24H40. The SMILES string of the molecule is CC.CC.CCC(C)Cc1ccccc1.CCCc1ccccc1. The van der Waals surface area contributed by atoms with Gasteiger partial charge in [-0.05, 0) is 29.9 Å². The second-order valence-corrected chi connectivity index (χ2v) is 5.44. The Balaban J connectivity index is 0. The third kappa shape index (κ3) is 14.1. The molecule has 0 saturated carbocycles. The van der Waals surface area contributed by atoms with E-state index >= 15 is 0 Å². The Morgan fingerprint density at radius 2 is 1.08 bits per heavy atom. The first-order chi connectivity index (χ1) is 11.8. The van der Waals surface area contributed by atoms with Gasteiger partial charge in [0, 0.05) is 0 Å². The number of hydrogen-bond acceptors (Lipinski definition) is 0. The van der Waals surface area contributed by atoms with E-state index in [4.69, 9.17) is 0 Å². The maximum absolute atomic E-state index is 2.30. The molecule has 0 aromatic heterocycles. The highest BCUT2D eigenvalue weighted by atomic mass is 14.0. The molecule has 0 aliphatic rings. The van der Waals surface area contributed by atoms with Crippen LogP contribution < -0.4 is 0 Å². The Bertz CT molecular complexity index is 430. The molecule has 24 heavy (non-hydrogen) atoms. The van der Waals surface area contributed by atoms with Crippen LogP contribution in [0.25, 0.3) is 0 Å². The summed E-state index contributed by atoms with van der Waals surface area (Å²) in [5, 5.41) is 0. The number of benzene rings is 2. The lowest BCUT2D eigenvalue weighted by atomic mass is 9.99. The third-order valence-corrected chi connectivity index (χ3v) is 3.51. The molecule has 1 atom stereocenters. The van der Waals surface area contributed by atoms with Crippen molar-refractivity contribution in [2.75, 3.05) is 0 Å². The van der Waals surface area contributed by atoms with Gasteiger partial charge in [-0.1, -0.05) is 122 Å². The van der Waals surface area contributed by atoms with Crippen molar-refractivity contribution in [3.05, 3.63) is 71.8 Å². The molecular weight excluding hydrogens is 288 g/mol. The minimum atomic E-state index is 0.817. The van der Waals surface area contributed by atoms with Gasteiger partial charge in [0.2, 0.25) is 0 Å². The largest absolute Gasteiger partial charge is 0.0683 e. The normalized spacial score (nSPS) is 9.96. The Morgan fingerprint density at radius 3 is 1.46 bits per heavy atom. The maximum atomic E-state index is 2.30. The molecule has 0 aliphatic carbocycles. The Labute approximate surface area is 152 Å². The zero-order valence-corrected chi connectivity index (χ0v) is 17.2. The molecule has 0 saturated heterocycles. The van der Waals surface area contributed by atoms with Gasteiger partial charge in [0.25, 0.3) is 0 Å². The number of rotatable bonds is 5. The summed E-state index contributed by atoms with van der Waals surface area (Å²) in [4.78, 5) is 0. The molecule has 0 heteroatoms. The zero-order valence-electron chi connectivity index (χ0n) is 17.2. The minimum absolute atomic E-state index is 0.817. The molecule has 0 amide bonds. The molecule has 2 aromatic rings. The molecule has 0 fully saturated rings. The summed E-state index contributed by atoms with van der Waals surface area (Å²) < 4.78 is 0. The van der Waals surface area contributed by atoms with Gasteiger partial charge >= 0.3 is 0 Å². The monoisotopic (exact) mass is 328 g/mol. The molecule has 0 bridgehead atoms. The van der Waals surface area contributed by atoms with E-state index in [-0.39, 0.29) is 0 Å². The van der Waals surface area contributed by atoms with E-state index in [1.54, 1.807) is 0 Å². The minimum Gasteiger partial charge on any atom is -0.0683 e. The molecule has 2 rings (SSSR count). The summed E-state index contributed by atoms with van der Waals surface area (Å²) >= 11 is 0. The molecule has 0 spiro atoms. The van der Waals surface area contributed by atoms with Gasteiger partial charge in [-0.2, -0.15) is 0 Å². The molecule has 136 valence electrons. The predicted molar refractivity (Wildman–Crippen MR) is 113 cm³/mol. The molecule has 0 aliphatic heterocycles. The van der Waals surface area contributed by atoms with Gasteiger partial charge in [-0.25, -0.2) is 0 Å². The van der Waals surface area contributed by atoms with Crippen LogP contribution in [-0.4, -0.2) is 0 Å². The lowest BCUT2D eigenvalue weighted by Crippen LogP contribution is -1.96. The molecule has 0 nitrogen and oxygen atoms in total. The highest BCUT2D eigenvalue weighted by Gasteiger charge is 1.98. The van der Waals surface area contributed by atoms with Crippen LogP contribution in [0, 0.1) is 5.92 Å². The van der Waals surface area contributed by atoms with E-state index in [1.807, 2.05) is 27.7 Å². The van der Waals surface area contributed by atoms with Crippen LogP contribution in [0.2, 0.25) is 0 Å². The Morgan fingerprint density at radius 1 is 0.667 bits per heavy atom. The fourth-order valence-electron chi connectivity index (χ4n) is 2.09. The van der Waals surface area contributed by atoms with Crippen LogP contribution in [-0.2, 0) is 12.8 Å². The number of aryl methyl sites for hydroxylation is 1.